The predicted octanol–water partition coefficient (Wildman–Crippen LogP) is 4.19. The monoisotopic (exact) mass is 645 g/mol. The van der Waals surface area contributed by atoms with E-state index in [1.807, 2.05) is 27.7 Å². The Bertz CT molecular complexity index is 1390. The molecule has 0 bridgehead atoms. The summed E-state index contributed by atoms with van der Waals surface area (Å²) in [6, 6.07) is 5.50. The number of pyridine rings is 1. The molecule has 2 aromatic rings. The fourth-order valence-electron chi connectivity index (χ4n) is 5.36. The molecule has 1 amide bonds. The van der Waals surface area contributed by atoms with Crippen LogP contribution in [-0.4, -0.2) is 77.9 Å². The van der Waals surface area contributed by atoms with Crippen molar-refractivity contribution < 1.29 is 29.0 Å². The maximum atomic E-state index is 13.8. The number of ether oxygens (including phenoxy) is 2. The van der Waals surface area contributed by atoms with E-state index in [1.54, 1.807) is 23.1 Å². The van der Waals surface area contributed by atoms with Gasteiger partial charge >= 0.3 is 5.97 Å². The molecule has 0 saturated carbocycles. The van der Waals surface area contributed by atoms with Gasteiger partial charge in [0.2, 0.25) is 0 Å². The van der Waals surface area contributed by atoms with E-state index in [0.717, 1.165) is 24.9 Å². The molecule has 1 aromatic heterocycles. The smallest absolute Gasteiger partial charge is 0.341 e. The fourth-order valence-corrected chi connectivity index (χ4v) is 5.36. The normalized spacial score (nSPS) is 16.1. The molecule has 1 aromatic carbocycles. The molecule has 2 aliphatic heterocycles. The van der Waals surface area contributed by atoms with Crippen molar-refractivity contribution in [2.45, 2.75) is 65.5 Å². The summed E-state index contributed by atoms with van der Waals surface area (Å²) in [7, 11) is 1.50. The summed E-state index contributed by atoms with van der Waals surface area (Å²) in [5.74, 6) is -0.793. The molecule has 0 radical (unpaired) electrons. The van der Waals surface area contributed by atoms with Crippen LogP contribution in [0, 0.1) is 5.41 Å². The predicted molar refractivity (Wildman–Crippen MR) is 165 cm³/mol. The Kier molecular flexibility index (Phi) is 10.2. The maximum Gasteiger partial charge on any atom is 0.341 e. The summed E-state index contributed by atoms with van der Waals surface area (Å²) < 4.78 is 11.5. The first-order valence-corrected chi connectivity index (χ1v) is 13.9. The Balaban J connectivity index is 0.00000484. The van der Waals surface area contributed by atoms with Gasteiger partial charge in [0.05, 0.1) is 18.8 Å². The van der Waals surface area contributed by atoms with Gasteiger partial charge in [-0.15, -0.1) is 17.0 Å². The molecule has 42 heavy (non-hydrogen) atoms. The number of aromatic nitrogens is 1. The van der Waals surface area contributed by atoms with E-state index in [9.17, 15) is 19.5 Å². The molecular formula is C30H40BrN5O6. The molecule has 1 fully saturated rings. The van der Waals surface area contributed by atoms with Crippen LogP contribution in [0.15, 0.2) is 18.2 Å². The Labute approximate surface area is 256 Å². The summed E-state index contributed by atoms with van der Waals surface area (Å²) in [6.07, 6.45) is 1.97. The van der Waals surface area contributed by atoms with Crippen LogP contribution in [0.3, 0.4) is 0 Å². The van der Waals surface area contributed by atoms with E-state index >= 15 is 0 Å². The molecule has 1 atom stereocenters. The highest BCUT2D eigenvalue weighted by Gasteiger charge is 2.33. The number of amides is 1. The van der Waals surface area contributed by atoms with Crippen molar-refractivity contribution >= 4 is 46.2 Å². The molecule has 228 valence electrons. The van der Waals surface area contributed by atoms with Gasteiger partial charge in [-0.25, -0.2) is 9.78 Å². The Morgan fingerprint density at radius 1 is 1.19 bits per heavy atom. The molecule has 3 heterocycles. The molecule has 0 aliphatic carbocycles. The molecule has 11 nitrogen and oxygen atoms in total. The first-order valence-electron chi connectivity index (χ1n) is 13.9. The van der Waals surface area contributed by atoms with Crippen LogP contribution in [0.25, 0.3) is 0 Å². The van der Waals surface area contributed by atoms with E-state index in [1.165, 1.54) is 7.05 Å². The van der Waals surface area contributed by atoms with E-state index in [2.05, 4.69) is 22.1 Å². The van der Waals surface area contributed by atoms with Crippen LogP contribution in [-0.2, 0) is 16.8 Å². The number of aliphatic carboxylic acids is 1. The van der Waals surface area contributed by atoms with Crippen molar-refractivity contribution in [2.24, 2.45) is 0 Å². The minimum Gasteiger partial charge on any atom is -0.491 e. The molecule has 1 saturated heterocycles. The highest BCUT2D eigenvalue weighted by atomic mass is 79.9. The number of amidine groups is 1. The number of halogens is 1. The number of carbonyl (C=O) groups excluding carboxylic acids is 2. The highest BCUT2D eigenvalue weighted by Crippen LogP contribution is 2.43. The van der Waals surface area contributed by atoms with Crippen molar-refractivity contribution in [2.75, 3.05) is 38.3 Å². The van der Waals surface area contributed by atoms with Crippen LogP contribution in [0.5, 0.6) is 11.5 Å². The standard InChI is InChI=1S/C30H39N5O6.BrH/c1-7-40-23-13-19-14-34(28(31)25(19)33-26(23)29(39)32-6)15-22(36)18-11-20(30(3,4)5)27(41-16-24(37)38)21(12-18)35-10-8-9-17(35)2;/h11-13,17,31H,7-10,14-16H2,1-6H3,(H,32,39)(H,37,38);1H. The average Bonchev–Trinajstić information content (AvgIpc) is 3.47. The molecular weight excluding hydrogens is 606 g/mol. The zero-order valence-corrected chi connectivity index (χ0v) is 26.7. The van der Waals surface area contributed by atoms with E-state index < -0.39 is 23.9 Å². The molecule has 2 aliphatic rings. The number of carboxylic acid groups (broad SMARTS) is 1. The Morgan fingerprint density at radius 2 is 1.90 bits per heavy atom. The Hall–Kier alpha value is -3.67. The summed E-state index contributed by atoms with van der Waals surface area (Å²) >= 11 is 0. The second kappa shape index (κ2) is 13.1. The first-order chi connectivity index (χ1) is 19.3. The summed E-state index contributed by atoms with van der Waals surface area (Å²) in [5, 5.41) is 20.6. The fraction of sp³-hybridized carbons (Fsp3) is 0.500. The molecule has 4 rings (SSSR count). The second-order valence-electron chi connectivity index (χ2n) is 11.5. The van der Waals surface area contributed by atoms with Crippen molar-refractivity contribution in [1.29, 1.82) is 5.41 Å². The third-order valence-corrected chi connectivity index (χ3v) is 7.45. The average molecular weight is 647 g/mol. The minimum absolute atomic E-state index is 0. The maximum absolute atomic E-state index is 13.8. The van der Waals surface area contributed by atoms with Gasteiger partial charge in [0.25, 0.3) is 5.91 Å². The van der Waals surface area contributed by atoms with Gasteiger partial charge in [-0.3, -0.25) is 15.0 Å². The lowest BCUT2D eigenvalue weighted by Gasteiger charge is -2.31. The number of anilines is 1. The van der Waals surface area contributed by atoms with Gasteiger partial charge in [0.15, 0.2) is 23.8 Å². The second-order valence-corrected chi connectivity index (χ2v) is 11.5. The number of hydrogen-bond acceptors (Lipinski definition) is 8. The van der Waals surface area contributed by atoms with Gasteiger partial charge in [-0.1, -0.05) is 20.8 Å². The largest absolute Gasteiger partial charge is 0.491 e. The van der Waals surface area contributed by atoms with Gasteiger partial charge in [-0.2, -0.15) is 0 Å². The van der Waals surface area contributed by atoms with Gasteiger partial charge in [0, 0.05) is 42.9 Å². The highest BCUT2D eigenvalue weighted by molar-refractivity contribution is 8.93. The number of Topliss-reactive ketones (excluding diaryl/α,β-unsaturated/α-hetero) is 1. The first kappa shape index (κ1) is 32.8. The number of hydrogen-bond donors (Lipinski definition) is 3. The lowest BCUT2D eigenvalue weighted by Crippen LogP contribution is -2.32. The van der Waals surface area contributed by atoms with E-state index in [4.69, 9.17) is 14.9 Å². The minimum atomic E-state index is -1.07. The van der Waals surface area contributed by atoms with Crippen LogP contribution >= 0.6 is 17.0 Å². The van der Waals surface area contributed by atoms with Crippen molar-refractivity contribution in [3.05, 3.63) is 46.3 Å². The van der Waals surface area contributed by atoms with Gasteiger partial charge in [0.1, 0.15) is 17.3 Å². The molecule has 0 spiro atoms. The van der Waals surface area contributed by atoms with E-state index in [0.29, 0.717) is 40.6 Å². The topological polar surface area (TPSA) is 145 Å². The number of carboxylic acids is 1. The van der Waals surface area contributed by atoms with Crippen LogP contribution in [0.4, 0.5) is 5.69 Å². The van der Waals surface area contributed by atoms with Gasteiger partial charge in [-0.05, 0) is 50.3 Å². The number of benzene rings is 1. The molecule has 1 unspecified atom stereocenters. The quantitative estimate of drug-likeness (QED) is 0.324. The summed E-state index contributed by atoms with van der Waals surface area (Å²) in [5.41, 5.74) is 2.64. The lowest BCUT2D eigenvalue weighted by atomic mass is 9.84. The summed E-state index contributed by atoms with van der Waals surface area (Å²) in [4.78, 5) is 45.8. The van der Waals surface area contributed by atoms with Gasteiger partial charge < -0.3 is 29.7 Å². The SMILES string of the molecule is Br.CCOc1cc2c(nc1C(=O)NC)C(=N)N(CC(=O)c1cc(N3CCCC3C)c(OCC(=O)O)c(C(C)(C)C)c1)C2. The van der Waals surface area contributed by atoms with Crippen molar-refractivity contribution in [3.63, 3.8) is 0 Å². The van der Waals surface area contributed by atoms with Crippen molar-refractivity contribution in [1.82, 2.24) is 15.2 Å². The third-order valence-electron chi connectivity index (χ3n) is 7.45. The van der Waals surface area contributed by atoms with Crippen molar-refractivity contribution in [3.8, 4) is 11.5 Å². The number of carbonyl (C=O) groups is 3. The lowest BCUT2D eigenvalue weighted by molar-refractivity contribution is -0.139. The van der Waals surface area contributed by atoms with Crippen LogP contribution < -0.4 is 19.7 Å². The number of fused-ring (bicyclic) bond motifs is 1. The number of nitrogens with one attached hydrogen (secondary N) is 2. The molecule has 12 heteroatoms. The van der Waals surface area contributed by atoms with Crippen LogP contribution in [0.1, 0.15) is 85.1 Å². The zero-order chi connectivity index (χ0) is 30.1. The number of ketones is 1. The van der Waals surface area contributed by atoms with Crippen LogP contribution in [0.2, 0.25) is 0 Å². The summed E-state index contributed by atoms with van der Waals surface area (Å²) in [6.45, 7) is 10.8. The number of rotatable bonds is 10. The molecule has 3 N–H and O–H groups in total. The zero-order valence-electron chi connectivity index (χ0n) is 25.0. The third kappa shape index (κ3) is 6.69. The Morgan fingerprint density at radius 3 is 2.48 bits per heavy atom. The number of nitrogens with zero attached hydrogens (tertiary/aromatic N) is 3. The van der Waals surface area contributed by atoms with E-state index in [-0.39, 0.29) is 53.4 Å².